The minimum atomic E-state index is -2.01. The highest BCUT2D eigenvalue weighted by atomic mass is 19.1. The quantitative estimate of drug-likeness (QED) is 0.436. The Morgan fingerprint density at radius 1 is 1.19 bits per heavy atom. The second-order valence-corrected chi connectivity index (χ2v) is 12.1. The molecule has 5 rings (SSSR count). The van der Waals surface area contributed by atoms with E-state index < -0.39 is 58.9 Å². The van der Waals surface area contributed by atoms with Crippen LogP contribution in [0.2, 0.25) is 0 Å². The second kappa shape index (κ2) is 8.57. The average Bonchev–Trinajstić information content (AvgIpc) is 3.34. The van der Waals surface area contributed by atoms with Crippen molar-refractivity contribution in [3.05, 3.63) is 23.8 Å². The van der Waals surface area contributed by atoms with E-state index in [9.17, 15) is 24.6 Å². The van der Waals surface area contributed by atoms with Crippen LogP contribution in [0.15, 0.2) is 23.8 Å². The van der Waals surface area contributed by atoms with E-state index in [-0.39, 0.29) is 23.9 Å². The SMILES string of the molecule is CC(=O)OCC(=O)C1C(OC2(O)CCCC2)CC2C3CCC4=CC(=O)C=CC4(C)C3(F)C(O)CC21C. The van der Waals surface area contributed by atoms with Gasteiger partial charge in [0.05, 0.1) is 18.1 Å². The molecule has 5 aliphatic carbocycles. The maximum Gasteiger partial charge on any atom is 0.303 e. The Morgan fingerprint density at radius 2 is 1.89 bits per heavy atom. The van der Waals surface area contributed by atoms with Crippen LogP contribution in [0.1, 0.15) is 72.1 Å². The molecule has 5 aliphatic rings. The molecule has 0 aromatic carbocycles. The molecule has 0 saturated heterocycles. The highest BCUT2D eigenvalue weighted by Crippen LogP contribution is 2.69. The first kappa shape index (κ1) is 25.7. The van der Waals surface area contributed by atoms with Gasteiger partial charge in [0.15, 0.2) is 23.0 Å². The zero-order valence-electron chi connectivity index (χ0n) is 21.3. The highest BCUT2D eigenvalue weighted by Gasteiger charge is 2.72. The number of hydrogen-bond donors (Lipinski definition) is 2. The average molecular weight is 505 g/mol. The molecule has 0 aromatic heterocycles. The summed E-state index contributed by atoms with van der Waals surface area (Å²) in [6, 6.07) is 0. The lowest BCUT2D eigenvalue weighted by Crippen LogP contribution is -2.66. The number of ether oxygens (including phenoxy) is 2. The molecular formula is C28H37FO7. The lowest BCUT2D eigenvalue weighted by Gasteiger charge is -2.61. The molecule has 8 heteroatoms. The molecule has 8 unspecified atom stereocenters. The van der Waals surface area contributed by atoms with Gasteiger partial charge < -0.3 is 19.7 Å². The molecule has 2 N–H and O–H groups in total. The van der Waals surface area contributed by atoms with Crippen molar-refractivity contribution in [2.45, 2.75) is 95.8 Å². The molecule has 8 atom stereocenters. The van der Waals surface area contributed by atoms with Crippen LogP contribution in [-0.4, -0.2) is 58.0 Å². The first-order valence-corrected chi connectivity index (χ1v) is 13.2. The molecule has 0 amide bonds. The number of esters is 1. The summed E-state index contributed by atoms with van der Waals surface area (Å²) in [7, 11) is 0. The fourth-order valence-corrected chi connectivity index (χ4v) is 8.48. The number of rotatable bonds is 5. The van der Waals surface area contributed by atoms with E-state index in [2.05, 4.69) is 0 Å². The monoisotopic (exact) mass is 504 g/mol. The van der Waals surface area contributed by atoms with Crippen LogP contribution in [-0.2, 0) is 23.9 Å². The molecule has 4 fully saturated rings. The van der Waals surface area contributed by atoms with Gasteiger partial charge in [-0.25, -0.2) is 4.39 Å². The zero-order valence-corrected chi connectivity index (χ0v) is 21.3. The Kier molecular flexibility index (Phi) is 6.12. The minimum Gasteiger partial charge on any atom is -0.458 e. The number of fused-ring (bicyclic) bond motifs is 5. The van der Waals surface area contributed by atoms with Crippen LogP contribution in [0.5, 0.6) is 0 Å². The first-order valence-electron chi connectivity index (χ1n) is 13.2. The number of alkyl halides is 1. The van der Waals surface area contributed by atoms with Gasteiger partial charge in [0.2, 0.25) is 0 Å². The van der Waals surface area contributed by atoms with Crippen LogP contribution in [0.4, 0.5) is 4.39 Å². The van der Waals surface area contributed by atoms with Crippen LogP contribution >= 0.6 is 0 Å². The van der Waals surface area contributed by atoms with Crippen LogP contribution in [0, 0.1) is 28.6 Å². The number of aliphatic hydroxyl groups is 2. The maximum absolute atomic E-state index is 17.4. The molecule has 0 aromatic rings. The molecule has 0 aliphatic heterocycles. The Morgan fingerprint density at radius 3 is 2.56 bits per heavy atom. The number of allylic oxidation sites excluding steroid dienone is 4. The van der Waals surface area contributed by atoms with Crippen molar-refractivity contribution in [1.82, 2.24) is 0 Å². The Bertz CT molecular complexity index is 1030. The van der Waals surface area contributed by atoms with Gasteiger partial charge in [-0.05, 0) is 68.9 Å². The van der Waals surface area contributed by atoms with Gasteiger partial charge >= 0.3 is 5.97 Å². The second-order valence-electron chi connectivity index (χ2n) is 12.1. The third-order valence-corrected chi connectivity index (χ3v) is 10.2. The Balaban J connectivity index is 1.53. The predicted molar refractivity (Wildman–Crippen MR) is 127 cm³/mol. The summed E-state index contributed by atoms with van der Waals surface area (Å²) in [6.07, 6.45) is 6.42. The smallest absolute Gasteiger partial charge is 0.303 e. The number of halogens is 1. The van der Waals surface area contributed by atoms with E-state index in [1.54, 1.807) is 13.0 Å². The van der Waals surface area contributed by atoms with Gasteiger partial charge in [-0.2, -0.15) is 0 Å². The number of carbonyl (C=O) groups is 3. The van der Waals surface area contributed by atoms with E-state index in [4.69, 9.17) is 9.47 Å². The summed E-state index contributed by atoms with van der Waals surface area (Å²) in [5.41, 5.74) is -3.24. The minimum absolute atomic E-state index is 0.0318. The molecule has 0 heterocycles. The van der Waals surface area contributed by atoms with Crippen molar-refractivity contribution in [2.24, 2.45) is 28.6 Å². The van der Waals surface area contributed by atoms with Gasteiger partial charge in [0.1, 0.15) is 6.61 Å². The van der Waals surface area contributed by atoms with Gasteiger partial charge in [0.25, 0.3) is 0 Å². The molecule has 36 heavy (non-hydrogen) atoms. The fraction of sp³-hybridized carbons (Fsp3) is 0.750. The zero-order chi connectivity index (χ0) is 26.1. The third-order valence-electron chi connectivity index (χ3n) is 10.2. The van der Waals surface area contributed by atoms with E-state index in [0.717, 1.165) is 12.8 Å². The van der Waals surface area contributed by atoms with Crippen molar-refractivity contribution in [2.75, 3.05) is 6.61 Å². The number of ketones is 2. The molecule has 0 spiro atoms. The van der Waals surface area contributed by atoms with Crippen LogP contribution in [0.3, 0.4) is 0 Å². The van der Waals surface area contributed by atoms with E-state index >= 15 is 4.39 Å². The number of carbonyl (C=O) groups excluding carboxylic acids is 3. The summed E-state index contributed by atoms with van der Waals surface area (Å²) < 4.78 is 28.7. The van der Waals surface area contributed by atoms with Gasteiger partial charge in [-0.1, -0.05) is 18.6 Å². The van der Waals surface area contributed by atoms with E-state index in [1.165, 1.54) is 19.1 Å². The van der Waals surface area contributed by atoms with E-state index in [0.29, 0.717) is 37.7 Å². The summed E-state index contributed by atoms with van der Waals surface area (Å²) in [6.45, 7) is 4.48. The third kappa shape index (κ3) is 3.66. The lowest BCUT2D eigenvalue weighted by molar-refractivity contribution is -0.234. The molecule has 198 valence electrons. The predicted octanol–water partition coefficient (Wildman–Crippen LogP) is 3.36. The van der Waals surface area contributed by atoms with E-state index in [1.807, 2.05) is 6.92 Å². The largest absolute Gasteiger partial charge is 0.458 e. The molecule has 0 bridgehead atoms. The van der Waals surface area contributed by atoms with Gasteiger partial charge in [-0.3, -0.25) is 14.4 Å². The van der Waals surface area contributed by atoms with Crippen molar-refractivity contribution < 1.29 is 38.5 Å². The highest BCUT2D eigenvalue weighted by molar-refractivity contribution is 6.01. The maximum atomic E-state index is 17.4. The van der Waals surface area contributed by atoms with Crippen LogP contribution < -0.4 is 0 Å². The molecule has 7 nitrogen and oxygen atoms in total. The van der Waals surface area contributed by atoms with Crippen molar-refractivity contribution in [3.8, 4) is 0 Å². The summed E-state index contributed by atoms with van der Waals surface area (Å²) in [5.74, 6) is -4.01. The van der Waals surface area contributed by atoms with Gasteiger partial charge in [-0.15, -0.1) is 0 Å². The van der Waals surface area contributed by atoms with Crippen molar-refractivity contribution >= 4 is 17.5 Å². The van der Waals surface area contributed by atoms with Crippen LogP contribution in [0.25, 0.3) is 0 Å². The standard InChI is InChI=1S/C28H37FO7/c1-16(30)35-15-21(32)24-22(36-27(34)9-4-5-10-27)13-20-19-7-6-17-12-18(31)8-11-26(17,3)28(19,29)23(33)14-25(20,24)2/h8,11-12,19-20,22-24,33-34H,4-7,9-10,13-15H2,1-3H3. The van der Waals surface area contributed by atoms with Gasteiger partial charge in [0, 0.05) is 31.1 Å². The molecule has 0 radical (unpaired) electrons. The Hall–Kier alpha value is -1.90. The summed E-state index contributed by atoms with van der Waals surface area (Å²) >= 11 is 0. The normalized spacial score (nSPS) is 44.9. The lowest BCUT2D eigenvalue weighted by atomic mass is 9.45. The number of hydrogen-bond acceptors (Lipinski definition) is 7. The van der Waals surface area contributed by atoms with Crippen molar-refractivity contribution in [3.63, 3.8) is 0 Å². The Labute approximate surface area is 211 Å². The van der Waals surface area contributed by atoms with Crippen molar-refractivity contribution in [1.29, 1.82) is 0 Å². The number of Topliss-reactive ketones (excluding diaryl/α,β-unsaturated/α-hetero) is 1. The topological polar surface area (TPSA) is 110 Å². The fourth-order valence-electron chi connectivity index (χ4n) is 8.48. The first-order chi connectivity index (χ1) is 16.8. The summed E-state index contributed by atoms with van der Waals surface area (Å²) in [5, 5.41) is 22.5. The molecular weight excluding hydrogens is 467 g/mol. The summed E-state index contributed by atoms with van der Waals surface area (Å²) in [4.78, 5) is 37.0. The number of aliphatic hydroxyl groups excluding tert-OH is 1. The molecule has 4 saturated carbocycles.